The van der Waals surface area contributed by atoms with E-state index < -0.39 is 0 Å². The number of thiophene rings is 1. The molecule has 2 atom stereocenters. The van der Waals surface area contributed by atoms with Crippen molar-refractivity contribution >= 4 is 11.3 Å². The summed E-state index contributed by atoms with van der Waals surface area (Å²) >= 11 is 1.78. The molecule has 1 aromatic rings. The molecular weight excluding hydrogens is 256 g/mol. The molecule has 0 aromatic carbocycles. The van der Waals surface area contributed by atoms with Crippen LogP contribution in [0.5, 0.6) is 0 Å². The van der Waals surface area contributed by atoms with Crippen molar-refractivity contribution in [2.24, 2.45) is 5.73 Å². The van der Waals surface area contributed by atoms with Crippen molar-refractivity contribution in [2.45, 2.75) is 58.7 Å². The van der Waals surface area contributed by atoms with E-state index in [0.29, 0.717) is 12.6 Å². The number of aryl methyl sites for hydroxylation is 1. The van der Waals surface area contributed by atoms with E-state index in [4.69, 9.17) is 5.73 Å². The van der Waals surface area contributed by atoms with Gasteiger partial charge in [0, 0.05) is 23.5 Å². The number of hydrogen-bond donors (Lipinski definition) is 2. The monoisotopic (exact) mass is 284 g/mol. The molecule has 1 heterocycles. The third kappa shape index (κ3) is 4.02. The summed E-state index contributed by atoms with van der Waals surface area (Å²) in [4.78, 5) is 3.74. The van der Waals surface area contributed by atoms with E-state index in [1.165, 1.54) is 10.4 Å². The first kappa shape index (κ1) is 16.6. The fraction of sp³-hybridized carbons (Fsp3) is 0.733. The zero-order chi connectivity index (χ0) is 14.4. The lowest BCUT2D eigenvalue weighted by atomic mass is 9.99. The minimum absolute atomic E-state index is 0.0597. The zero-order valence-electron chi connectivity index (χ0n) is 12.6. The molecule has 0 aliphatic rings. The summed E-state index contributed by atoms with van der Waals surface area (Å²) in [6.45, 7) is 9.50. The lowest BCUT2D eigenvalue weighted by Crippen LogP contribution is -2.46. The summed E-state index contributed by atoms with van der Waals surface area (Å²) in [6.07, 6.45) is 2.17. The zero-order valence-corrected chi connectivity index (χ0v) is 13.4. The van der Waals surface area contributed by atoms with E-state index in [2.05, 4.69) is 44.0 Å². The van der Waals surface area contributed by atoms with Gasteiger partial charge in [0.1, 0.15) is 0 Å². The second-order valence-corrected chi connectivity index (χ2v) is 6.15. The lowest BCUT2D eigenvalue weighted by molar-refractivity contribution is 0.0866. The van der Waals surface area contributed by atoms with E-state index in [1.54, 1.807) is 11.3 Å². The van der Waals surface area contributed by atoms with E-state index in [1.807, 2.05) is 0 Å². The van der Waals surface area contributed by atoms with Crippen LogP contribution in [0.1, 0.15) is 50.1 Å². The van der Waals surface area contributed by atoms with Gasteiger partial charge >= 0.3 is 0 Å². The van der Waals surface area contributed by atoms with Crippen LogP contribution in [0.3, 0.4) is 0 Å². The van der Waals surface area contributed by atoms with Gasteiger partial charge in [-0.25, -0.2) is 0 Å². The van der Waals surface area contributed by atoms with E-state index >= 15 is 0 Å². The number of aliphatic hydroxyl groups is 1. The average Bonchev–Trinajstić information content (AvgIpc) is 2.77. The predicted molar refractivity (Wildman–Crippen MR) is 83.6 cm³/mol. The van der Waals surface area contributed by atoms with Crippen molar-refractivity contribution in [2.75, 3.05) is 13.2 Å². The lowest BCUT2D eigenvalue weighted by Gasteiger charge is -2.39. The number of hydrogen-bond acceptors (Lipinski definition) is 4. The van der Waals surface area contributed by atoms with Crippen molar-refractivity contribution in [3.8, 4) is 0 Å². The van der Waals surface area contributed by atoms with E-state index in [0.717, 1.165) is 12.8 Å². The molecule has 0 radical (unpaired) electrons. The number of rotatable bonds is 8. The number of nitrogens with two attached hydrogens (primary N) is 1. The highest BCUT2D eigenvalue weighted by molar-refractivity contribution is 7.10. The SMILES string of the molecule is CCC(CC)N(CCO)C(c1sccc1C)C(C)N. The Labute approximate surface area is 121 Å². The minimum atomic E-state index is 0.0597. The van der Waals surface area contributed by atoms with Crippen molar-refractivity contribution in [1.82, 2.24) is 4.90 Å². The van der Waals surface area contributed by atoms with Gasteiger partial charge in [-0.3, -0.25) is 4.90 Å². The van der Waals surface area contributed by atoms with Gasteiger partial charge < -0.3 is 10.8 Å². The molecule has 4 heteroatoms. The first-order chi connectivity index (χ1) is 9.06. The summed E-state index contributed by atoms with van der Waals surface area (Å²) < 4.78 is 0. The average molecular weight is 284 g/mol. The molecule has 0 aliphatic carbocycles. The maximum atomic E-state index is 9.40. The highest BCUT2D eigenvalue weighted by atomic mass is 32.1. The standard InChI is InChI=1S/C15H28N2OS/c1-5-13(6-2)17(8-9-18)14(12(4)16)15-11(3)7-10-19-15/h7,10,12-14,18H,5-6,8-9,16H2,1-4H3. The topological polar surface area (TPSA) is 49.5 Å². The molecule has 0 amide bonds. The number of aliphatic hydroxyl groups excluding tert-OH is 1. The molecule has 19 heavy (non-hydrogen) atoms. The quantitative estimate of drug-likeness (QED) is 0.771. The van der Waals surface area contributed by atoms with E-state index in [-0.39, 0.29) is 18.7 Å². The molecule has 0 spiro atoms. The molecule has 3 nitrogen and oxygen atoms in total. The Morgan fingerprint density at radius 2 is 2.00 bits per heavy atom. The van der Waals surface area contributed by atoms with Crippen LogP contribution in [0.25, 0.3) is 0 Å². The fourth-order valence-corrected chi connectivity index (χ4v) is 3.96. The Morgan fingerprint density at radius 3 is 2.37 bits per heavy atom. The Balaban J connectivity index is 3.09. The van der Waals surface area contributed by atoms with Gasteiger partial charge in [0.25, 0.3) is 0 Å². The Hall–Kier alpha value is -0.420. The molecule has 110 valence electrons. The van der Waals surface area contributed by atoms with Gasteiger partial charge in [-0.2, -0.15) is 0 Å². The molecule has 0 fully saturated rings. The van der Waals surface area contributed by atoms with Gasteiger partial charge in [-0.1, -0.05) is 13.8 Å². The number of nitrogens with zero attached hydrogens (tertiary/aromatic N) is 1. The maximum absolute atomic E-state index is 9.40. The summed E-state index contributed by atoms with van der Waals surface area (Å²) in [7, 11) is 0. The summed E-state index contributed by atoms with van der Waals surface area (Å²) in [5, 5.41) is 11.5. The minimum Gasteiger partial charge on any atom is -0.395 e. The van der Waals surface area contributed by atoms with Crippen LogP contribution >= 0.6 is 11.3 Å². The molecular formula is C15H28N2OS. The van der Waals surface area contributed by atoms with Gasteiger partial charge in [0.2, 0.25) is 0 Å². The summed E-state index contributed by atoms with van der Waals surface area (Å²) in [6, 6.07) is 2.89. The predicted octanol–water partition coefficient (Wildman–Crippen LogP) is 2.93. The third-order valence-corrected chi connectivity index (χ3v) is 4.88. The second-order valence-electron chi connectivity index (χ2n) is 5.20. The Kier molecular flexibility index (Phi) is 7.00. The second kappa shape index (κ2) is 8.00. The molecule has 0 saturated heterocycles. The largest absolute Gasteiger partial charge is 0.395 e. The van der Waals surface area contributed by atoms with Gasteiger partial charge in [0.05, 0.1) is 12.6 Å². The Bertz CT molecular complexity index is 361. The molecule has 1 rings (SSSR count). The molecule has 1 aromatic heterocycles. The van der Waals surface area contributed by atoms with Crippen LogP contribution in [0.4, 0.5) is 0 Å². The van der Waals surface area contributed by atoms with Crippen molar-refractivity contribution < 1.29 is 5.11 Å². The maximum Gasteiger partial charge on any atom is 0.0596 e. The highest BCUT2D eigenvalue weighted by Gasteiger charge is 2.29. The highest BCUT2D eigenvalue weighted by Crippen LogP contribution is 2.33. The van der Waals surface area contributed by atoms with Crippen LogP contribution in [0, 0.1) is 6.92 Å². The van der Waals surface area contributed by atoms with Crippen LogP contribution in [0.15, 0.2) is 11.4 Å². The summed E-state index contributed by atoms with van der Waals surface area (Å²) in [5.74, 6) is 0. The van der Waals surface area contributed by atoms with E-state index in [9.17, 15) is 5.11 Å². The first-order valence-electron chi connectivity index (χ1n) is 7.22. The van der Waals surface area contributed by atoms with Crippen LogP contribution in [-0.2, 0) is 0 Å². The van der Waals surface area contributed by atoms with Gasteiger partial charge in [-0.05, 0) is 43.7 Å². The Morgan fingerprint density at radius 1 is 1.37 bits per heavy atom. The molecule has 0 aliphatic heterocycles. The first-order valence-corrected chi connectivity index (χ1v) is 8.10. The fourth-order valence-electron chi connectivity index (χ4n) is 2.80. The molecule has 0 bridgehead atoms. The normalized spacial score (nSPS) is 15.2. The van der Waals surface area contributed by atoms with Crippen LogP contribution in [-0.4, -0.2) is 35.2 Å². The van der Waals surface area contributed by atoms with Gasteiger partial charge in [0.15, 0.2) is 0 Å². The molecule has 3 N–H and O–H groups in total. The molecule has 2 unspecified atom stereocenters. The smallest absolute Gasteiger partial charge is 0.0596 e. The van der Waals surface area contributed by atoms with Crippen molar-refractivity contribution in [1.29, 1.82) is 0 Å². The van der Waals surface area contributed by atoms with Crippen LogP contribution in [0.2, 0.25) is 0 Å². The molecule has 0 saturated carbocycles. The summed E-state index contributed by atoms with van der Waals surface area (Å²) in [5.41, 5.74) is 7.57. The van der Waals surface area contributed by atoms with Crippen LogP contribution < -0.4 is 5.73 Å². The van der Waals surface area contributed by atoms with Crippen molar-refractivity contribution in [3.05, 3.63) is 21.9 Å². The van der Waals surface area contributed by atoms with Crippen molar-refractivity contribution in [3.63, 3.8) is 0 Å². The van der Waals surface area contributed by atoms with Gasteiger partial charge in [-0.15, -0.1) is 11.3 Å². The third-order valence-electron chi connectivity index (χ3n) is 3.80.